The van der Waals surface area contributed by atoms with Gasteiger partial charge in [0.25, 0.3) is 0 Å². The molecular weight excluding hydrogens is 617 g/mol. The molecule has 2 aliphatic heterocycles. The van der Waals surface area contributed by atoms with Gasteiger partial charge in [-0.3, -0.25) is 0 Å². The van der Waals surface area contributed by atoms with Crippen molar-refractivity contribution >= 4 is 66.6 Å². The van der Waals surface area contributed by atoms with Crippen LogP contribution in [0.5, 0.6) is 0 Å². The van der Waals surface area contributed by atoms with Crippen molar-refractivity contribution in [1.82, 2.24) is 0 Å². The van der Waals surface area contributed by atoms with Crippen LogP contribution in [-0.2, 0) is 0 Å². The molecule has 9 aromatic rings. The Morgan fingerprint density at radius 3 is 1.06 bits per heavy atom. The Labute approximate surface area is 287 Å². The van der Waals surface area contributed by atoms with E-state index in [-0.39, 0.29) is 0 Å². The van der Waals surface area contributed by atoms with Crippen molar-refractivity contribution in [1.29, 1.82) is 0 Å². The van der Waals surface area contributed by atoms with Gasteiger partial charge in [0, 0.05) is 30.4 Å². The van der Waals surface area contributed by atoms with Crippen molar-refractivity contribution in [2.75, 3.05) is 0 Å². The van der Waals surface area contributed by atoms with Crippen molar-refractivity contribution in [2.24, 2.45) is 0 Å². The van der Waals surface area contributed by atoms with Gasteiger partial charge in [0.2, 0.25) is 0 Å². The maximum Gasteiger partial charge on any atom is 0.0280 e. The summed E-state index contributed by atoms with van der Waals surface area (Å²) < 4.78 is 0. The lowest BCUT2D eigenvalue weighted by molar-refractivity contribution is 1.38. The molecule has 48 heavy (non-hydrogen) atoms. The van der Waals surface area contributed by atoms with E-state index in [1.165, 1.54) is 107 Å². The third kappa shape index (κ3) is 3.65. The van der Waals surface area contributed by atoms with Crippen molar-refractivity contribution < 1.29 is 0 Å². The Morgan fingerprint density at radius 2 is 0.646 bits per heavy atom. The Kier molecular flexibility index (Phi) is 5.63. The summed E-state index contributed by atoms with van der Waals surface area (Å²) in [7, 11) is 0. The van der Waals surface area contributed by atoms with E-state index in [1.54, 1.807) is 0 Å². The van der Waals surface area contributed by atoms with E-state index in [0.717, 1.165) is 0 Å². The molecule has 9 aromatic carbocycles. The van der Waals surface area contributed by atoms with Gasteiger partial charge >= 0.3 is 0 Å². The number of hydrogen-bond acceptors (Lipinski definition) is 2. The zero-order valence-electron chi connectivity index (χ0n) is 25.8. The van der Waals surface area contributed by atoms with Gasteiger partial charge in [-0.15, -0.1) is 0 Å². The van der Waals surface area contributed by atoms with Crippen LogP contribution >= 0.6 is 23.5 Å². The lowest BCUT2D eigenvalue weighted by atomic mass is 9.82. The second-order valence-corrected chi connectivity index (χ2v) is 14.8. The summed E-state index contributed by atoms with van der Waals surface area (Å²) in [6.07, 6.45) is 0. The Bertz CT molecular complexity index is 2620. The van der Waals surface area contributed by atoms with E-state index in [9.17, 15) is 0 Å². The molecule has 0 spiro atoms. The van der Waals surface area contributed by atoms with E-state index < -0.39 is 0 Å². The van der Waals surface area contributed by atoms with Crippen LogP contribution in [-0.4, -0.2) is 0 Å². The SMILES string of the molecule is c1ccc(-c2cc3c(c4ccccc24)Sc2ccc4c5c(c6ccccc6c-3c25)-c2cc(-c3ccccc3)c3ccccc3c2S4)cc1. The minimum absolute atomic E-state index is 1.25. The largest absolute Gasteiger partial charge is 0.0881 e. The summed E-state index contributed by atoms with van der Waals surface area (Å²) >= 11 is 3.89. The van der Waals surface area contributed by atoms with Crippen LogP contribution in [0.4, 0.5) is 0 Å². The topological polar surface area (TPSA) is 0 Å². The Balaban J connectivity index is 1.31. The normalized spacial score (nSPS) is 12.8. The summed E-state index contributed by atoms with van der Waals surface area (Å²) in [5.41, 5.74) is 10.5. The second-order valence-electron chi connectivity index (χ2n) is 12.7. The van der Waals surface area contributed by atoms with Crippen LogP contribution < -0.4 is 0 Å². The maximum absolute atomic E-state index is 2.48. The quantitative estimate of drug-likeness (QED) is 0.172. The van der Waals surface area contributed by atoms with Gasteiger partial charge in [0.05, 0.1) is 0 Å². The monoisotopic (exact) mass is 642 g/mol. The van der Waals surface area contributed by atoms with E-state index >= 15 is 0 Å². The van der Waals surface area contributed by atoms with Gasteiger partial charge < -0.3 is 0 Å². The summed E-state index contributed by atoms with van der Waals surface area (Å²) in [6.45, 7) is 0. The molecule has 0 N–H and O–H groups in total. The van der Waals surface area contributed by atoms with E-state index in [0.29, 0.717) is 0 Å². The number of fused-ring (bicyclic) bond motifs is 11. The standard InChI is InChI=1S/C46H26S2/c1-3-13-27(14-4-1)35-25-37-41-31-19-9-10-20-32(31)42-38-26-36(28-15-5-2-6-16-28)30-18-8-12-22-34(30)46(38)48-40-24-23-39(43(41)44(40)42)47-45(37)33-21-11-7-17-29(33)35/h1-26H. The minimum atomic E-state index is 1.25. The Hall–Kier alpha value is -5.28. The molecule has 2 heteroatoms. The Morgan fingerprint density at radius 1 is 0.292 bits per heavy atom. The molecule has 0 amide bonds. The maximum atomic E-state index is 2.48. The van der Waals surface area contributed by atoms with Crippen molar-refractivity contribution in [3.63, 3.8) is 0 Å². The van der Waals surface area contributed by atoms with E-state index in [1.807, 2.05) is 23.5 Å². The highest BCUT2D eigenvalue weighted by Crippen LogP contribution is 2.61. The van der Waals surface area contributed by atoms with Crippen LogP contribution in [0.3, 0.4) is 0 Å². The molecule has 0 atom stereocenters. The molecule has 0 saturated carbocycles. The molecule has 0 aliphatic carbocycles. The van der Waals surface area contributed by atoms with Gasteiger partial charge in [-0.2, -0.15) is 0 Å². The molecule has 0 aromatic heterocycles. The molecule has 0 nitrogen and oxygen atoms in total. The first-order chi connectivity index (χ1) is 23.8. The fraction of sp³-hybridized carbons (Fsp3) is 0. The first kappa shape index (κ1) is 26.8. The van der Waals surface area contributed by atoms with Gasteiger partial charge in [-0.25, -0.2) is 0 Å². The molecular formula is C46H26S2. The van der Waals surface area contributed by atoms with Gasteiger partial charge in [-0.05, 0) is 101 Å². The molecule has 2 aliphatic rings. The predicted molar refractivity (Wildman–Crippen MR) is 206 cm³/mol. The van der Waals surface area contributed by atoms with Gasteiger partial charge in [0.1, 0.15) is 0 Å². The van der Waals surface area contributed by atoms with Crippen molar-refractivity contribution in [3.05, 3.63) is 158 Å². The van der Waals surface area contributed by atoms with Crippen LogP contribution in [0, 0.1) is 0 Å². The second kappa shape index (κ2) is 10.1. The van der Waals surface area contributed by atoms with Crippen molar-refractivity contribution in [2.45, 2.75) is 19.6 Å². The number of benzene rings is 9. The fourth-order valence-corrected chi connectivity index (χ4v) is 10.6. The van der Waals surface area contributed by atoms with Gasteiger partial charge in [-0.1, -0.05) is 157 Å². The average Bonchev–Trinajstić information content (AvgIpc) is 3.16. The highest BCUT2D eigenvalue weighted by Gasteiger charge is 2.32. The molecule has 0 bridgehead atoms. The summed E-state index contributed by atoms with van der Waals surface area (Å²) in [5, 5.41) is 10.7. The van der Waals surface area contributed by atoms with Crippen LogP contribution in [0.15, 0.2) is 177 Å². The summed E-state index contributed by atoms with van der Waals surface area (Å²) in [6, 6.07) is 58.6. The molecule has 0 radical (unpaired) electrons. The molecule has 0 unspecified atom stereocenters. The highest BCUT2D eigenvalue weighted by atomic mass is 32.2. The lowest BCUT2D eigenvalue weighted by Crippen LogP contribution is -2.02. The van der Waals surface area contributed by atoms with Crippen LogP contribution in [0.1, 0.15) is 0 Å². The molecule has 0 fully saturated rings. The first-order valence-corrected chi connectivity index (χ1v) is 18.1. The van der Waals surface area contributed by atoms with Crippen LogP contribution in [0.2, 0.25) is 0 Å². The summed E-state index contributed by atoms with van der Waals surface area (Å²) in [5.74, 6) is 0. The molecule has 2 heterocycles. The van der Waals surface area contributed by atoms with Crippen molar-refractivity contribution in [3.8, 4) is 44.5 Å². The zero-order chi connectivity index (χ0) is 31.3. The average molecular weight is 643 g/mol. The van der Waals surface area contributed by atoms with E-state index in [2.05, 4.69) is 158 Å². The van der Waals surface area contributed by atoms with Gasteiger partial charge in [0.15, 0.2) is 0 Å². The molecule has 11 rings (SSSR count). The third-order valence-corrected chi connectivity index (χ3v) is 12.6. The summed E-state index contributed by atoms with van der Waals surface area (Å²) in [4.78, 5) is 5.39. The zero-order valence-corrected chi connectivity index (χ0v) is 27.5. The van der Waals surface area contributed by atoms with E-state index in [4.69, 9.17) is 0 Å². The predicted octanol–water partition coefficient (Wildman–Crippen LogP) is 13.9. The number of hydrogen-bond donors (Lipinski definition) is 0. The van der Waals surface area contributed by atoms with Crippen LogP contribution in [0.25, 0.3) is 87.6 Å². The molecule has 0 saturated heterocycles. The first-order valence-electron chi connectivity index (χ1n) is 16.4. The molecule has 222 valence electrons. The smallest absolute Gasteiger partial charge is 0.0280 e. The highest BCUT2D eigenvalue weighted by molar-refractivity contribution is 8.00. The third-order valence-electron chi connectivity index (χ3n) is 10.2. The number of rotatable bonds is 2. The fourth-order valence-electron chi connectivity index (χ4n) is 8.20. The lowest BCUT2D eigenvalue weighted by Gasteiger charge is -2.30. The minimum Gasteiger partial charge on any atom is -0.0881 e.